The molecule has 168 valence electrons. The average molecular weight is 547 g/mol. The van der Waals surface area contributed by atoms with Crippen LogP contribution in [-0.4, -0.2) is 14.9 Å². The quantitative estimate of drug-likeness (QED) is 0.298. The molecule has 0 bridgehead atoms. The summed E-state index contributed by atoms with van der Waals surface area (Å²) in [6.07, 6.45) is 23.0. The minimum atomic E-state index is -1.45. The Morgan fingerprint density at radius 2 is 1.63 bits per heavy atom. The molecular weight excluding hydrogens is 506 g/mol. The molecule has 1 saturated carbocycles. The van der Waals surface area contributed by atoms with Crippen LogP contribution in [0.4, 0.5) is 0 Å². The molecule has 0 amide bonds. The van der Waals surface area contributed by atoms with Gasteiger partial charge in [-0.3, -0.25) is 0 Å². The standard InChI is InChI=1S/C25H40OSi.2ClH.Zr/c1-5-27(6-2,7-3)26-20-12-19-25(4,22-14-9-10-15-22)24-18-17-21-13-8-11-16-23(21)24;;;/h8-11,14-16,21-22,24H,5-7,12-13,17-20H2,1-4H3;2*1H;/q;;;+2/p-2. The number of allylic oxidation sites excluding steroid dienone is 8. The molecule has 30 heavy (non-hydrogen) atoms. The zero-order valence-electron chi connectivity index (χ0n) is 19.3. The second-order valence-corrected chi connectivity index (χ2v) is 13.9. The van der Waals surface area contributed by atoms with Gasteiger partial charge < -0.3 is 29.2 Å². The summed E-state index contributed by atoms with van der Waals surface area (Å²) in [5.41, 5.74) is 2.07. The third-order valence-electron chi connectivity index (χ3n) is 8.03. The van der Waals surface area contributed by atoms with Crippen LogP contribution in [0, 0.1) is 23.2 Å². The molecule has 0 N–H and O–H groups in total. The molecule has 0 aromatic heterocycles. The molecule has 0 heterocycles. The van der Waals surface area contributed by atoms with E-state index in [-0.39, 0.29) is 51.0 Å². The van der Waals surface area contributed by atoms with Crippen LogP contribution in [0.1, 0.15) is 59.8 Å². The summed E-state index contributed by atoms with van der Waals surface area (Å²) < 4.78 is 6.58. The molecule has 0 radical (unpaired) electrons. The Bertz CT molecular complexity index is 606. The van der Waals surface area contributed by atoms with Crippen LogP contribution in [-0.2, 0) is 30.6 Å². The van der Waals surface area contributed by atoms with Crippen LogP contribution >= 0.6 is 0 Å². The summed E-state index contributed by atoms with van der Waals surface area (Å²) in [4.78, 5) is 0. The van der Waals surface area contributed by atoms with Crippen molar-refractivity contribution in [2.24, 2.45) is 23.2 Å². The SMILES string of the molecule is CC[Si](CC)(CC)OCCCC(C)(C1C=CC=C1)C1CCC2CC=CC=C21.[Cl-].[Cl-].[Zr+2]. The van der Waals surface area contributed by atoms with Gasteiger partial charge >= 0.3 is 26.2 Å². The molecule has 0 aliphatic heterocycles. The first-order valence-corrected chi connectivity index (χ1v) is 14.0. The van der Waals surface area contributed by atoms with Gasteiger partial charge in [0.2, 0.25) is 0 Å². The van der Waals surface area contributed by atoms with E-state index in [4.69, 9.17) is 4.43 Å². The van der Waals surface area contributed by atoms with Gasteiger partial charge in [-0.1, -0.05) is 75.8 Å². The molecule has 3 aliphatic carbocycles. The van der Waals surface area contributed by atoms with E-state index in [1.165, 1.54) is 50.2 Å². The van der Waals surface area contributed by atoms with E-state index in [9.17, 15) is 0 Å². The molecule has 0 saturated heterocycles. The largest absolute Gasteiger partial charge is 2.00 e. The number of fused-ring (bicyclic) bond motifs is 1. The number of rotatable bonds is 10. The molecule has 1 fully saturated rings. The minimum absolute atomic E-state index is 0. The first-order valence-electron chi connectivity index (χ1n) is 11.4. The maximum atomic E-state index is 6.58. The maximum Gasteiger partial charge on any atom is 2.00 e. The van der Waals surface area contributed by atoms with E-state index in [1.807, 2.05) is 0 Å². The summed E-state index contributed by atoms with van der Waals surface area (Å²) in [6.45, 7) is 10.5. The number of hydrogen-bond donors (Lipinski definition) is 0. The molecule has 3 rings (SSSR count). The van der Waals surface area contributed by atoms with Gasteiger partial charge in [0.25, 0.3) is 0 Å². The Balaban J connectivity index is 0.00000280. The van der Waals surface area contributed by atoms with Crippen LogP contribution in [0.25, 0.3) is 0 Å². The van der Waals surface area contributed by atoms with Crippen molar-refractivity contribution in [2.75, 3.05) is 6.61 Å². The van der Waals surface area contributed by atoms with Gasteiger partial charge in [-0.25, -0.2) is 0 Å². The zero-order chi connectivity index (χ0) is 19.3. The Hall–Kier alpha value is 0.600. The topological polar surface area (TPSA) is 9.23 Å². The monoisotopic (exact) mass is 544 g/mol. The zero-order valence-corrected chi connectivity index (χ0v) is 24.3. The van der Waals surface area contributed by atoms with Crippen molar-refractivity contribution in [2.45, 2.75) is 77.9 Å². The molecule has 0 spiro atoms. The third kappa shape index (κ3) is 6.57. The van der Waals surface area contributed by atoms with Crippen LogP contribution in [0.2, 0.25) is 18.1 Å². The van der Waals surface area contributed by atoms with Gasteiger partial charge in [0.15, 0.2) is 8.32 Å². The van der Waals surface area contributed by atoms with Crippen LogP contribution in [0.15, 0.2) is 48.1 Å². The van der Waals surface area contributed by atoms with Crippen LogP contribution in [0.5, 0.6) is 0 Å². The fourth-order valence-electron chi connectivity index (χ4n) is 5.87. The van der Waals surface area contributed by atoms with Crippen molar-refractivity contribution < 1.29 is 55.4 Å². The molecule has 3 unspecified atom stereocenters. The van der Waals surface area contributed by atoms with Crippen molar-refractivity contribution in [3.63, 3.8) is 0 Å². The van der Waals surface area contributed by atoms with Gasteiger partial charge in [-0.15, -0.1) is 0 Å². The summed E-state index contributed by atoms with van der Waals surface area (Å²) in [7, 11) is -1.45. The van der Waals surface area contributed by atoms with E-state index >= 15 is 0 Å². The Labute approximate surface area is 218 Å². The average Bonchev–Trinajstić information content (AvgIpc) is 3.39. The Morgan fingerprint density at radius 1 is 1.00 bits per heavy atom. The summed E-state index contributed by atoms with van der Waals surface area (Å²) in [5, 5.41) is 0. The Kier molecular flexibility index (Phi) is 14.3. The third-order valence-corrected chi connectivity index (χ3v) is 12.7. The second-order valence-electron chi connectivity index (χ2n) is 9.15. The van der Waals surface area contributed by atoms with E-state index in [2.05, 4.69) is 70.2 Å². The molecule has 3 aliphatic rings. The molecule has 5 heteroatoms. The van der Waals surface area contributed by atoms with E-state index in [0.29, 0.717) is 11.3 Å². The second kappa shape index (κ2) is 14.0. The molecule has 0 aromatic carbocycles. The van der Waals surface area contributed by atoms with E-state index in [1.54, 1.807) is 5.57 Å². The van der Waals surface area contributed by atoms with E-state index in [0.717, 1.165) is 18.4 Å². The molecule has 3 atom stereocenters. The first kappa shape index (κ1) is 30.6. The predicted octanol–water partition coefficient (Wildman–Crippen LogP) is 1.45. The number of hydrogen-bond acceptors (Lipinski definition) is 1. The first-order chi connectivity index (χ1) is 13.1. The van der Waals surface area contributed by atoms with Crippen molar-refractivity contribution >= 4 is 8.32 Å². The summed E-state index contributed by atoms with van der Waals surface area (Å²) in [6, 6.07) is 3.78. The van der Waals surface area contributed by atoms with Crippen LogP contribution < -0.4 is 24.8 Å². The normalized spacial score (nSPS) is 24.3. The fourth-order valence-corrected chi connectivity index (χ4v) is 8.56. The van der Waals surface area contributed by atoms with Gasteiger partial charge in [-0.05, 0) is 67.5 Å². The van der Waals surface area contributed by atoms with Crippen molar-refractivity contribution in [1.29, 1.82) is 0 Å². The predicted molar refractivity (Wildman–Crippen MR) is 120 cm³/mol. The summed E-state index contributed by atoms with van der Waals surface area (Å²) >= 11 is 0. The van der Waals surface area contributed by atoms with Gasteiger partial charge in [0, 0.05) is 12.5 Å². The Morgan fingerprint density at radius 3 is 2.23 bits per heavy atom. The molecule has 0 aromatic rings. The van der Waals surface area contributed by atoms with Gasteiger partial charge in [0.1, 0.15) is 0 Å². The number of halogens is 2. The maximum absolute atomic E-state index is 6.58. The fraction of sp³-hybridized carbons (Fsp3) is 0.680. The van der Waals surface area contributed by atoms with Crippen molar-refractivity contribution in [1.82, 2.24) is 0 Å². The molecule has 1 nitrogen and oxygen atoms in total. The van der Waals surface area contributed by atoms with E-state index < -0.39 is 8.32 Å². The van der Waals surface area contributed by atoms with Crippen LogP contribution in [0.3, 0.4) is 0 Å². The minimum Gasteiger partial charge on any atom is -1.00 e. The smallest absolute Gasteiger partial charge is 1.00 e. The molecular formula is C25H40Cl2OSiZr. The van der Waals surface area contributed by atoms with Crippen molar-refractivity contribution in [3.05, 3.63) is 48.1 Å². The van der Waals surface area contributed by atoms with Crippen molar-refractivity contribution in [3.8, 4) is 0 Å². The summed E-state index contributed by atoms with van der Waals surface area (Å²) in [5.74, 6) is 2.12. The van der Waals surface area contributed by atoms with Gasteiger partial charge in [-0.2, -0.15) is 0 Å². The van der Waals surface area contributed by atoms with Gasteiger partial charge in [0.05, 0.1) is 0 Å².